The highest BCUT2D eigenvalue weighted by molar-refractivity contribution is 5.70. The van der Waals surface area contributed by atoms with Crippen molar-refractivity contribution in [3.05, 3.63) is 138 Å². The van der Waals surface area contributed by atoms with Gasteiger partial charge in [0, 0.05) is 12.6 Å². The predicted molar refractivity (Wildman–Crippen MR) is 180 cm³/mol. The molecule has 0 radical (unpaired) electrons. The molecule has 0 aromatic heterocycles. The van der Waals surface area contributed by atoms with E-state index >= 15 is 0 Å². The number of hydrogen-bond acceptors (Lipinski definition) is 8. The number of nitrogens with one attached hydrogen (secondary N) is 1. The first kappa shape index (κ1) is 34.3. The number of rotatable bonds is 18. The fraction of sp³-hybridized carbons (Fsp3) is 0.359. The van der Waals surface area contributed by atoms with E-state index in [1.807, 2.05) is 122 Å². The summed E-state index contributed by atoms with van der Waals surface area (Å²) in [6.45, 7) is 4.08. The third-order valence-corrected chi connectivity index (χ3v) is 8.13. The summed E-state index contributed by atoms with van der Waals surface area (Å²) in [6.07, 6.45) is -1.85. The van der Waals surface area contributed by atoms with Crippen molar-refractivity contribution < 1.29 is 33.2 Å². The molecule has 0 unspecified atom stereocenters. The van der Waals surface area contributed by atoms with Crippen LogP contribution in [-0.2, 0) is 54.8 Å². The van der Waals surface area contributed by atoms with Gasteiger partial charge in [-0.15, -0.1) is 0 Å². The largest absolute Gasteiger partial charge is 0.497 e. The van der Waals surface area contributed by atoms with Crippen LogP contribution in [0.5, 0.6) is 5.75 Å². The fourth-order valence-corrected chi connectivity index (χ4v) is 5.70. The normalized spacial score (nSPS) is 19.7. The minimum Gasteiger partial charge on any atom is -0.497 e. The van der Waals surface area contributed by atoms with Gasteiger partial charge < -0.3 is 33.7 Å². The van der Waals surface area contributed by atoms with Gasteiger partial charge in [0.05, 0.1) is 46.6 Å². The Morgan fingerprint density at radius 1 is 0.723 bits per heavy atom. The lowest BCUT2D eigenvalue weighted by Crippen LogP contribution is -2.49. The van der Waals surface area contributed by atoms with Crippen molar-refractivity contribution in [3.8, 4) is 5.75 Å². The Labute approximate surface area is 277 Å². The van der Waals surface area contributed by atoms with Crippen LogP contribution < -0.4 is 10.1 Å². The summed E-state index contributed by atoms with van der Waals surface area (Å²) in [6, 6.07) is 37.5. The van der Waals surface area contributed by atoms with Crippen molar-refractivity contribution in [2.45, 2.75) is 70.2 Å². The second-order valence-corrected chi connectivity index (χ2v) is 11.5. The molecular weight excluding hydrogens is 594 g/mol. The first-order valence-corrected chi connectivity index (χ1v) is 16.2. The molecule has 0 spiro atoms. The van der Waals surface area contributed by atoms with Crippen LogP contribution in [0.4, 0.5) is 0 Å². The molecule has 0 saturated carbocycles. The van der Waals surface area contributed by atoms with E-state index in [-0.39, 0.29) is 12.4 Å². The van der Waals surface area contributed by atoms with Gasteiger partial charge in [-0.2, -0.15) is 0 Å². The van der Waals surface area contributed by atoms with Crippen LogP contribution in [-0.4, -0.2) is 56.8 Å². The molecule has 1 N–H and O–H groups in total. The minimum absolute atomic E-state index is 0.100. The molecule has 1 aliphatic rings. The quantitative estimate of drug-likeness (QED) is 0.128. The molecule has 248 valence electrons. The zero-order valence-electron chi connectivity index (χ0n) is 27.2. The molecule has 0 aliphatic carbocycles. The Hall–Kier alpha value is -4.05. The maximum Gasteiger partial charge on any atom is 0.307 e. The Balaban J connectivity index is 1.41. The number of ether oxygens (including phenoxy) is 6. The smallest absolute Gasteiger partial charge is 0.307 e. The summed E-state index contributed by atoms with van der Waals surface area (Å²) in [5.41, 5.74) is 4.19. The van der Waals surface area contributed by atoms with Crippen LogP contribution in [0.2, 0.25) is 0 Å². The first-order valence-electron chi connectivity index (χ1n) is 16.2. The number of benzene rings is 4. The van der Waals surface area contributed by atoms with E-state index in [1.165, 1.54) is 0 Å². The van der Waals surface area contributed by atoms with Crippen LogP contribution in [0.3, 0.4) is 0 Å². The van der Waals surface area contributed by atoms with Crippen LogP contribution in [0.15, 0.2) is 115 Å². The molecule has 1 fully saturated rings. The minimum atomic E-state index is -0.535. The fourth-order valence-electron chi connectivity index (χ4n) is 5.70. The highest BCUT2D eigenvalue weighted by atomic mass is 16.6. The van der Waals surface area contributed by atoms with Gasteiger partial charge >= 0.3 is 5.97 Å². The van der Waals surface area contributed by atoms with Crippen LogP contribution in [0.25, 0.3) is 0 Å². The van der Waals surface area contributed by atoms with E-state index in [0.29, 0.717) is 39.6 Å². The Morgan fingerprint density at radius 3 is 1.83 bits per heavy atom. The molecule has 8 heteroatoms. The average Bonchev–Trinajstić information content (AvgIpc) is 3.46. The zero-order chi connectivity index (χ0) is 32.7. The van der Waals surface area contributed by atoms with Crippen molar-refractivity contribution in [2.75, 3.05) is 20.3 Å². The van der Waals surface area contributed by atoms with E-state index in [0.717, 1.165) is 28.0 Å². The topological polar surface area (TPSA) is 84.5 Å². The molecule has 0 bridgehead atoms. The lowest BCUT2D eigenvalue weighted by molar-refractivity contribution is -0.145. The van der Waals surface area contributed by atoms with Gasteiger partial charge in [0.15, 0.2) is 0 Å². The summed E-state index contributed by atoms with van der Waals surface area (Å²) in [7, 11) is 1.64. The standard InChI is InChI=1S/C39H45NO7/c1-3-44-36(41)23-34(40-24-29-19-21-33(42-2)22-20-29)37-39(46-27-32-17-11-6-12-18-32)38(45-26-31-15-9-5-10-16-31)35(47-37)28-43-25-30-13-7-4-8-14-30/h4-22,34-35,37-40H,3,23-28H2,1-2H3/t34-,35-,37+,38-,39+/m1/s1. The molecule has 8 nitrogen and oxygen atoms in total. The number of carbonyl (C=O) groups is 1. The first-order chi connectivity index (χ1) is 23.1. The van der Waals surface area contributed by atoms with Gasteiger partial charge in [0.1, 0.15) is 30.2 Å². The van der Waals surface area contributed by atoms with Crippen molar-refractivity contribution >= 4 is 5.97 Å². The lowest BCUT2D eigenvalue weighted by Gasteiger charge is -2.30. The maximum absolute atomic E-state index is 13.0. The van der Waals surface area contributed by atoms with Gasteiger partial charge in [0.25, 0.3) is 0 Å². The van der Waals surface area contributed by atoms with E-state index < -0.39 is 30.5 Å². The summed E-state index contributed by atoms with van der Waals surface area (Å²) < 4.78 is 37.1. The monoisotopic (exact) mass is 639 g/mol. The zero-order valence-corrected chi connectivity index (χ0v) is 27.2. The number of esters is 1. The maximum atomic E-state index is 13.0. The highest BCUT2D eigenvalue weighted by Gasteiger charge is 2.50. The van der Waals surface area contributed by atoms with E-state index in [4.69, 9.17) is 28.4 Å². The molecule has 5 rings (SSSR count). The van der Waals surface area contributed by atoms with Crippen molar-refractivity contribution in [1.29, 1.82) is 0 Å². The molecule has 47 heavy (non-hydrogen) atoms. The Bertz CT molecular complexity index is 1450. The predicted octanol–water partition coefficient (Wildman–Crippen LogP) is 6.26. The molecule has 1 aliphatic heterocycles. The van der Waals surface area contributed by atoms with Crippen molar-refractivity contribution in [3.63, 3.8) is 0 Å². The van der Waals surface area contributed by atoms with Crippen LogP contribution in [0, 0.1) is 0 Å². The Morgan fingerprint density at radius 2 is 1.28 bits per heavy atom. The summed E-state index contributed by atoms with van der Waals surface area (Å²) >= 11 is 0. The molecule has 4 aromatic rings. The number of carbonyl (C=O) groups excluding carboxylic acids is 1. The van der Waals surface area contributed by atoms with Gasteiger partial charge in [-0.25, -0.2) is 0 Å². The lowest BCUT2D eigenvalue weighted by atomic mass is 9.98. The summed E-state index contributed by atoms with van der Waals surface area (Å²) in [5, 5.41) is 3.59. The van der Waals surface area contributed by atoms with Crippen LogP contribution in [0.1, 0.15) is 35.6 Å². The molecule has 0 amide bonds. The molecule has 1 heterocycles. The molecule has 5 atom stereocenters. The van der Waals surface area contributed by atoms with Crippen molar-refractivity contribution in [2.24, 2.45) is 0 Å². The van der Waals surface area contributed by atoms with Crippen molar-refractivity contribution in [1.82, 2.24) is 5.32 Å². The molecule has 4 aromatic carbocycles. The average molecular weight is 640 g/mol. The van der Waals surface area contributed by atoms with Gasteiger partial charge in [0.2, 0.25) is 0 Å². The van der Waals surface area contributed by atoms with Gasteiger partial charge in [-0.3, -0.25) is 4.79 Å². The van der Waals surface area contributed by atoms with Gasteiger partial charge in [-0.1, -0.05) is 103 Å². The Kier molecular flexibility index (Phi) is 13.4. The summed E-state index contributed by atoms with van der Waals surface area (Å²) in [5.74, 6) is 0.470. The van der Waals surface area contributed by atoms with Crippen LogP contribution >= 0.6 is 0 Å². The molecular formula is C39H45NO7. The van der Waals surface area contributed by atoms with E-state index in [9.17, 15) is 4.79 Å². The summed E-state index contributed by atoms with van der Waals surface area (Å²) in [4.78, 5) is 13.0. The number of hydrogen-bond donors (Lipinski definition) is 1. The second kappa shape index (κ2) is 18.3. The van der Waals surface area contributed by atoms with E-state index in [2.05, 4.69) is 5.32 Å². The van der Waals surface area contributed by atoms with Gasteiger partial charge in [-0.05, 0) is 41.3 Å². The third-order valence-electron chi connectivity index (χ3n) is 8.13. The second-order valence-electron chi connectivity index (χ2n) is 11.5. The third kappa shape index (κ3) is 10.5. The highest BCUT2D eigenvalue weighted by Crippen LogP contribution is 2.32. The number of methoxy groups -OCH3 is 1. The molecule has 1 saturated heterocycles. The SMILES string of the molecule is CCOC(=O)C[C@@H](NCc1ccc(OC)cc1)[C@@H]1O[C@H](COCc2ccccc2)[C@@H](OCc2ccccc2)[C@H]1OCc1ccccc1. The van der Waals surface area contributed by atoms with E-state index in [1.54, 1.807) is 7.11 Å².